The summed E-state index contributed by atoms with van der Waals surface area (Å²) >= 11 is 0. The minimum Gasteiger partial charge on any atom is -0.372 e. The molecule has 0 saturated carbocycles. The summed E-state index contributed by atoms with van der Waals surface area (Å²) in [6, 6.07) is 18.0. The number of anilines is 3. The van der Waals surface area contributed by atoms with Gasteiger partial charge in [0.15, 0.2) is 0 Å². The van der Waals surface area contributed by atoms with Gasteiger partial charge in [0.25, 0.3) is 0 Å². The van der Waals surface area contributed by atoms with Crippen LogP contribution in [-0.4, -0.2) is 26.2 Å². The normalized spacial score (nSPS) is 15.7. The average Bonchev–Trinajstić information content (AvgIpc) is 3.21. The van der Waals surface area contributed by atoms with Crippen molar-refractivity contribution in [1.29, 1.82) is 0 Å². The summed E-state index contributed by atoms with van der Waals surface area (Å²) in [7, 11) is 0. The van der Waals surface area contributed by atoms with Gasteiger partial charge in [-0.1, -0.05) is 12.1 Å². The fraction of sp³-hybridized carbons (Fsp3) is 0.391. The average molecular weight is 365 g/mol. The molecule has 1 heterocycles. The zero-order valence-electron chi connectivity index (χ0n) is 17.0. The molecule has 144 valence electrons. The zero-order chi connectivity index (χ0) is 19.2. The number of hydrazine groups is 1. The van der Waals surface area contributed by atoms with Crippen molar-refractivity contribution in [2.24, 2.45) is 0 Å². The Labute approximate surface area is 164 Å². The Bertz CT molecular complexity index is 728. The molecule has 0 radical (unpaired) electrons. The molecular formula is C23H32N4. The van der Waals surface area contributed by atoms with Gasteiger partial charge in [0, 0.05) is 43.8 Å². The van der Waals surface area contributed by atoms with Crippen LogP contribution in [0.5, 0.6) is 0 Å². The Morgan fingerprint density at radius 1 is 0.741 bits per heavy atom. The molecule has 2 aromatic rings. The summed E-state index contributed by atoms with van der Waals surface area (Å²) in [5.41, 5.74) is 8.41. The molecule has 27 heavy (non-hydrogen) atoms. The monoisotopic (exact) mass is 364 g/mol. The first-order valence-corrected chi connectivity index (χ1v) is 10.1. The second-order valence-corrected chi connectivity index (χ2v) is 6.76. The Morgan fingerprint density at radius 3 is 1.70 bits per heavy atom. The highest BCUT2D eigenvalue weighted by molar-refractivity contribution is 5.59. The van der Waals surface area contributed by atoms with Crippen LogP contribution in [0.3, 0.4) is 0 Å². The first-order chi connectivity index (χ1) is 13.2. The lowest BCUT2D eigenvalue weighted by Gasteiger charge is -2.28. The standard InChI is InChI=1S/C23H32N4/c1-5-25(6-2)20-11-9-19(10-12-20)23-17-18-24-27(23)22-15-13-21(14-16-22)26(7-3)8-4/h9-18,23-24H,5-8H2,1-4H3. The summed E-state index contributed by atoms with van der Waals surface area (Å²) < 4.78 is 0. The number of nitrogens with zero attached hydrogens (tertiary/aromatic N) is 3. The fourth-order valence-corrected chi connectivity index (χ4v) is 3.76. The maximum atomic E-state index is 3.39. The Balaban J connectivity index is 1.78. The van der Waals surface area contributed by atoms with Crippen LogP contribution in [0.2, 0.25) is 0 Å². The minimum atomic E-state index is 0.204. The summed E-state index contributed by atoms with van der Waals surface area (Å²) in [6.07, 6.45) is 4.24. The molecule has 1 N–H and O–H groups in total. The molecule has 1 aliphatic rings. The second kappa shape index (κ2) is 8.85. The third-order valence-corrected chi connectivity index (χ3v) is 5.39. The van der Waals surface area contributed by atoms with Crippen LogP contribution in [0.4, 0.5) is 17.1 Å². The van der Waals surface area contributed by atoms with Crippen molar-refractivity contribution in [2.45, 2.75) is 33.7 Å². The smallest absolute Gasteiger partial charge is 0.0952 e. The molecule has 0 fully saturated rings. The third kappa shape index (κ3) is 4.05. The molecule has 1 aliphatic heterocycles. The number of benzene rings is 2. The lowest BCUT2D eigenvalue weighted by Crippen LogP contribution is -2.32. The minimum absolute atomic E-state index is 0.204. The molecule has 0 amide bonds. The van der Waals surface area contributed by atoms with Crippen LogP contribution in [0.25, 0.3) is 0 Å². The quantitative estimate of drug-likeness (QED) is 0.715. The molecule has 0 saturated heterocycles. The van der Waals surface area contributed by atoms with Crippen molar-refractivity contribution in [3.05, 3.63) is 66.4 Å². The molecular weight excluding hydrogens is 332 g/mol. The number of hydrogen-bond donors (Lipinski definition) is 1. The molecule has 1 unspecified atom stereocenters. The molecule has 0 spiro atoms. The lowest BCUT2D eigenvalue weighted by atomic mass is 10.1. The van der Waals surface area contributed by atoms with Gasteiger partial charge < -0.3 is 15.2 Å². The maximum Gasteiger partial charge on any atom is 0.0952 e. The maximum absolute atomic E-state index is 3.39. The predicted molar refractivity (Wildman–Crippen MR) is 118 cm³/mol. The lowest BCUT2D eigenvalue weighted by molar-refractivity contribution is 0.718. The fourth-order valence-electron chi connectivity index (χ4n) is 3.76. The molecule has 3 rings (SSSR count). The van der Waals surface area contributed by atoms with Crippen LogP contribution < -0.4 is 20.2 Å². The van der Waals surface area contributed by atoms with Gasteiger partial charge in [0.1, 0.15) is 0 Å². The van der Waals surface area contributed by atoms with Gasteiger partial charge >= 0.3 is 0 Å². The number of nitrogens with one attached hydrogen (secondary N) is 1. The molecule has 0 aliphatic carbocycles. The van der Waals surface area contributed by atoms with E-state index < -0.39 is 0 Å². The third-order valence-electron chi connectivity index (χ3n) is 5.39. The second-order valence-electron chi connectivity index (χ2n) is 6.76. The summed E-state index contributed by atoms with van der Waals surface area (Å²) in [5, 5.41) is 2.22. The van der Waals surface area contributed by atoms with Gasteiger partial charge in [-0.2, -0.15) is 0 Å². The van der Waals surface area contributed by atoms with E-state index in [9.17, 15) is 0 Å². The van der Waals surface area contributed by atoms with Crippen LogP contribution in [-0.2, 0) is 0 Å². The number of rotatable bonds is 8. The van der Waals surface area contributed by atoms with Crippen LogP contribution in [0, 0.1) is 0 Å². The van der Waals surface area contributed by atoms with E-state index in [0.717, 1.165) is 26.2 Å². The van der Waals surface area contributed by atoms with Crippen molar-refractivity contribution in [2.75, 3.05) is 41.0 Å². The van der Waals surface area contributed by atoms with Crippen LogP contribution >= 0.6 is 0 Å². The van der Waals surface area contributed by atoms with Gasteiger partial charge in [-0.05, 0) is 75.7 Å². The molecule has 4 heteroatoms. The predicted octanol–water partition coefficient (Wildman–Crippen LogP) is 4.96. The highest BCUT2D eigenvalue weighted by atomic mass is 15.5. The van der Waals surface area contributed by atoms with E-state index in [1.807, 2.05) is 6.20 Å². The van der Waals surface area contributed by atoms with Gasteiger partial charge in [-0.25, -0.2) is 0 Å². The van der Waals surface area contributed by atoms with Crippen molar-refractivity contribution in [3.63, 3.8) is 0 Å². The first kappa shape index (κ1) is 19.2. The van der Waals surface area contributed by atoms with Crippen molar-refractivity contribution in [1.82, 2.24) is 5.43 Å². The van der Waals surface area contributed by atoms with E-state index in [1.54, 1.807) is 0 Å². The number of hydrogen-bond acceptors (Lipinski definition) is 4. The Kier molecular flexibility index (Phi) is 6.28. The molecule has 0 bridgehead atoms. The first-order valence-electron chi connectivity index (χ1n) is 10.1. The van der Waals surface area contributed by atoms with E-state index in [1.165, 1.54) is 22.6 Å². The Hall–Kier alpha value is -2.62. The van der Waals surface area contributed by atoms with Gasteiger partial charge in [0.2, 0.25) is 0 Å². The van der Waals surface area contributed by atoms with Crippen molar-refractivity contribution in [3.8, 4) is 0 Å². The van der Waals surface area contributed by atoms with Crippen LogP contribution in [0.1, 0.15) is 39.3 Å². The van der Waals surface area contributed by atoms with Gasteiger partial charge in [-0.3, -0.25) is 5.01 Å². The van der Waals surface area contributed by atoms with E-state index >= 15 is 0 Å². The summed E-state index contributed by atoms with van der Waals surface area (Å²) in [4.78, 5) is 4.74. The van der Waals surface area contributed by atoms with E-state index in [2.05, 4.69) is 103 Å². The zero-order valence-corrected chi connectivity index (χ0v) is 17.0. The Morgan fingerprint density at radius 2 is 1.22 bits per heavy atom. The topological polar surface area (TPSA) is 21.8 Å². The molecule has 0 aromatic heterocycles. The SMILES string of the molecule is CCN(CC)c1ccc(C2C=CNN2c2ccc(N(CC)CC)cc2)cc1. The molecule has 4 nitrogen and oxygen atoms in total. The highest BCUT2D eigenvalue weighted by Gasteiger charge is 2.22. The summed E-state index contributed by atoms with van der Waals surface area (Å²) in [6.45, 7) is 12.9. The summed E-state index contributed by atoms with van der Waals surface area (Å²) in [5.74, 6) is 0. The van der Waals surface area contributed by atoms with E-state index in [-0.39, 0.29) is 6.04 Å². The molecule has 1 atom stereocenters. The van der Waals surface area contributed by atoms with E-state index in [4.69, 9.17) is 0 Å². The molecule has 2 aromatic carbocycles. The van der Waals surface area contributed by atoms with Gasteiger partial charge in [-0.15, -0.1) is 0 Å². The van der Waals surface area contributed by atoms with E-state index in [0.29, 0.717) is 0 Å². The van der Waals surface area contributed by atoms with Crippen molar-refractivity contribution >= 4 is 17.1 Å². The largest absolute Gasteiger partial charge is 0.372 e. The van der Waals surface area contributed by atoms with Crippen molar-refractivity contribution < 1.29 is 0 Å². The van der Waals surface area contributed by atoms with Gasteiger partial charge in [0.05, 0.1) is 11.7 Å². The highest BCUT2D eigenvalue weighted by Crippen LogP contribution is 2.31. The van der Waals surface area contributed by atoms with Crippen LogP contribution in [0.15, 0.2) is 60.8 Å².